The van der Waals surface area contributed by atoms with Gasteiger partial charge in [-0.05, 0) is 31.4 Å². The molecule has 0 aromatic heterocycles. The normalized spacial score (nSPS) is 19.5. The number of hydrogen-bond acceptors (Lipinski definition) is 2. The second-order valence-corrected chi connectivity index (χ2v) is 3.78. The first-order valence-corrected chi connectivity index (χ1v) is 5.31. The van der Waals surface area contributed by atoms with Crippen LogP contribution < -0.4 is 5.32 Å². The summed E-state index contributed by atoms with van der Waals surface area (Å²) in [6.45, 7) is 0. The fourth-order valence-corrected chi connectivity index (χ4v) is 1.85. The van der Waals surface area contributed by atoms with Crippen LogP contribution in [0.2, 0.25) is 0 Å². The van der Waals surface area contributed by atoms with E-state index < -0.39 is 0 Å². The van der Waals surface area contributed by atoms with Crippen molar-refractivity contribution in [2.45, 2.75) is 25.3 Å². The molecule has 0 fully saturated rings. The standard InChI is InChI=1S/C13H14N2/c14-10-11-6-4-5-9-13(11)15-12-7-2-1-3-8-12/h1-2,4-6,9,12,15H,3,7-8H2. The molecular weight excluding hydrogens is 184 g/mol. The molecule has 0 saturated heterocycles. The molecule has 1 aromatic carbocycles. The maximum atomic E-state index is 8.94. The van der Waals surface area contributed by atoms with Gasteiger partial charge in [-0.15, -0.1) is 0 Å². The summed E-state index contributed by atoms with van der Waals surface area (Å²) in [5, 5.41) is 12.4. The fourth-order valence-electron chi connectivity index (χ4n) is 1.85. The lowest BCUT2D eigenvalue weighted by Gasteiger charge is -2.21. The van der Waals surface area contributed by atoms with Crippen LogP contribution in [0.3, 0.4) is 0 Å². The SMILES string of the molecule is N#Cc1ccccc1NC1CC=CCC1. The van der Waals surface area contributed by atoms with E-state index in [-0.39, 0.29) is 0 Å². The largest absolute Gasteiger partial charge is 0.381 e. The van der Waals surface area contributed by atoms with Gasteiger partial charge in [0.05, 0.1) is 11.3 Å². The van der Waals surface area contributed by atoms with Gasteiger partial charge in [0.15, 0.2) is 0 Å². The number of anilines is 1. The molecule has 2 rings (SSSR count). The van der Waals surface area contributed by atoms with Gasteiger partial charge < -0.3 is 5.32 Å². The third-order valence-electron chi connectivity index (χ3n) is 2.68. The molecule has 2 heteroatoms. The van der Waals surface area contributed by atoms with Gasteiger partial charge in [0.2, 0.25) is 0 Å². The summed E-state index contributed by atoms with van der Waals surface area (Å²) in [5.41, 5.74) is 1.69. The molecule has 0 saturated carbocycles. The number of nitrogens with zero attached hydrogens (tertiary/aromatic N) is 1. The van der Waals surface area contributed by atoms with Crippen LogP contribution in [-0.4, -0.2) is 6.04 Å². The van der Waals surface area contributed by atoms with Crippen molar-refractivity contribution in [1.82, 2.24) is 0 Å². The highest BCUT2D eigenvalue weighted by atomic mass is 14.9. The molecule has 0 bridgehead atoms. The van der Waals surface area contributed by atoms with Crippen LogP contribution in [0.1, 0.15) is 24.8 Å². The van der Waals surface area contributed by atoms with Crippen LogP contribution in [0.25, 0.3) is 0 Å². The van der Waals surface area contributed by atoms with Crippen LogP contribution >= 0.6 is 0 Å². The van der Waals surface area contributed by atoms with Crippen LogP contribution in [0.15, 0.2) is 36.4 Å². The van der Waals surface area contributed by atoms with Crippen LogP contribution in [-0.2, 0) is 0 Å². The van der Waals surface area contributed by atoms with E-state index in [1.807, 2.05) is 24.3 Å². The molecule has 1 atom stereocenters. The molecule has 15 heavy (non-hydrogen) atoms. The Morgan fingerprint density at radius 2 is 2.13 bits per heavy atom. The first-order valence-electron chi connectivity index (χ1n) is 5.31. The zero-order valence-corrected chi connectivity index (χ0v) is 8.61. The first kappa shape index (κ1) is 9.79. The van der Waals surface area contributed by atoms with E-state index >= 15 is 0 Å². The summed E-state index contributed by atoms with van der Waals surface area (Å²) in [6.07, 6.45) is 7.76. The lowest BCUT2D eigenvalue weighted by Crippen LogP contribution is -2.20. The van der Waals surface area contributed by atoms with E-state index in [0.29, 0.717) is 6.04 Å². The molecule has 76 valence electrons. The predicted octanol–water partition coefficient (Wildman–Crippen LogP) is 3.08. The monoisotopic (exact) mass is 198 g/mol. The van der Waals surface area contributed by atoms with Crippen molar-refractivity contribution in [1.29, 1.82) is 5.26 Å². The fraction of sp³-hybridized carbons (Fsp3) is 0.308. The minimum atomic E-state index is 0.476. The molecule has 0 amide bonds. The third kappa shape index (κ3) is 2.38. The Hall–Kier alpha value is -1.75. The number of benzene rings is 1. The maximum absolute atomic E-state index is 8.94. The summed E-state index contributed by atoms with van der Waals surface area (Å²) in [7, 11) is 0. The van der Waals surface area contributed by atoms with Crippen LogP contribution in [0.4, 0.5) is 5.69 Å². The average molecular weight is 198 g/mol. The quantitative estimate of drug-likeness (QED) is 0.741. The van der Waals surface area contributed by atoms with Crippen molar-refractivity contribution >= 4 is 5.69 Å². The van der Waals surface area contributed by atoms with E-state index in [0.717, 1.165) is 30.5 Å². The van der Waals surface area contributed by atoms with Gasteiger partial charge >= 0.3 is 0 Å². The average Bonchev–Trinajstić information content (AvgIpc) is 2.31. The Labute approximate surface area is 90.2 Å². The predicted molar refractivity (Wildman–Crippen MR) is 61.6 cm³/mol. The molecule has 0 radical (unpaired) electrons. The van der Waals surface area contributed by atoms with Gasteiger partial charge in [0.1, 0.15) is 6.07 Å². The van der Waals surface area contributed by atoms with Gasteiger partial charge in [-0.2, -0.15) is 5.26 Å². The first-order chi connectivity index (χ1) is 7.40. The van der Waals surface area contributed by atoms with Gasteiger partial charge in [-0.1, -0.05) is 24.3 Å². The van der Waals surface area contributed by atoms with Crippen molar-refractivity contribution < 1.29 is 0 Å². The molecular formula is C13H14N2. The summed E-state index contributed by atoms with van der Waals surface area (Å²) in [4.78, 5) is 0. The highest BCUT2D eigenvalue weighted by Gasteiger charge is 2.10. The molecule has 2 nitrogen and oxygen atoms in total. The Morgan fingerprint density at radius 3 is 2.87 bits per heavy atom. The number of hydrogen-bond donors (Lipinski definition) is 1. The van der Waals surface area contributed by atoms with Gasteiger partial charge in [-0.3, -0.25) is 0 Å². The minimum Gasteiger partial charge on any atom is -0.381 e. The van der Waals surface area contributed by atoms with E-state index in [1.54, 1.807) is 0 Å². The van der Waals surface area contributed by atoms with E-state index in [4.69, 9.17) is 5.26 Å². The van der Waals surface area contributed by atoms with Crippen molar-refractivity contribution in [2.75, 3.05) is 5.32 Å². The van der Waals surface area contributed by atoms with Crippen molar-refractivity contribution in [3.63, 3.8) is 0 Å². The smallest absolute Gasteiger partial charge is 0.101 e. The lowest BCUT2D eigenvalue weighted by atomic mass is 10.0. The lowest BCUT2D eigenvalue weighted by molar-refractivity contribution is 0.644. The van der Waals surface area contributed by atoms with Crippen molar-refractivity contribution in [3.05, 3.63) is 42.0 Å². The van der Waals surface area contributed by atoms with Crippen LogP contribution in [0.5, 0.6) is 0 Å². The Morgan fingerprint density at radius 1 is 1.27 bits per heavy atom. The molecule has 1 N–H and O–H groups in total. The Kier molecular flexibility index (Phi) is 3.04. The summed E-state index contributed by atoms with van der Waals surface area (Å²) in [6, 6.07) is 10.4. The molecule has 0 spiro atoms. The topological polar surface area (TPSA) is 35.8 Å². The number of nitrogens with one attached hydrogen (secondary N) is 1. The van der Waals surface area contributed by atoms with E-state index in [2.05, 4.69) is 23.5 Å². The molecule has 1 aliphatic rings. The summed E-state index contributed by atoms with van der Waals surface area (Å²) < 4.78 is 0. The van der Waals surface area contributed by atoms with Crippen molar-refractivity contribution in [3.8, 4) is 6.07 Å². The zero-order valence-electron chi connectivity index (χ0n) is 8.61. The van der Waals surface area contributed by atoms with Gasteiger partial charge in [-0.25, -0.2) is 0 Å². The molecule has 0 heterocycles. The van der Waals surface area contributed by atoms with E-state index in [1.165, 1.54) is 0 Å². The number of allylic oxidation sites excluding steroid dienone is 1. The third-order valence-corrected chi connectivity index (χ3v) is 2.68. The Bertz CT molecular complexity index is 401. The molecule has 1 unspecified atom stereocenters. The second-order valence-electron chi connectivity index (χ2n) is 3.78. The zero-order chi connectivity index (χ0) is 10.5. The summed E-state index contributed by atoms with van der Waals surface area (Å²) >= 11 is 0. The highest BCUT2D eigenvalue weighted by Crippen LogP contribution is 2.19. The van der Waals surface area contributed by atoms with Gasteiger partial charge in [0, 0.05) is 6.04 Å². The Balaban J connectivity index is 2.10. The molecule has 1 aromatic rings. The van der Waals surface area contributed by atoms with E-state index in [9.17, 15) is 0 Å². The molecule has 0 aliphatic heterocycles. The number of para-hydroxylation sites is 1. The van der Waals surface area contributed by atoms with Crippen LogP contribution in [0, 0.1) is 11.3 Å². The number of rotatable bonds is 2. The summed E-state index contributed by atoms with van der Waals surface area (Å²) in [5.74, 6) is 0. The maximum Gasteiger partial charge on any atom is 0.101 e. The van der Waals surface area contributed by atoms with Crippen molar-refractivity contribution in [2.24, 2.45) is 0 Å². The molecule has 1 aliphatic carbocycles. The highest BCUT2D eigenvalue weighted by molar-refractivity contribution is 5.57. The van der Waals surface area contributed by atoms with Gasteiger partial charge in [0.25, 0.3) is 0 Å². The minimum absolute atomic E-state index is 0.476. The second kappa shape index (κ2) is 4.65. The number of nitriles is 1.